The molecule has 0 aliphatic rings. The number of furan rings is 1. The molecule has 1 unspecified atom stereocenters. The van der Waals surface area contributed by atoms with E-state index >= 15 is 0 Å². The molecule has 5 nitrogen and oxygen atoms in total. The predicted molar refractivity (Wildman–Crippen MR) is 84.8 cm³/mol. The van der Waals surface area contributed by atoms with Gasteiger partial charge in [-0.15, -0.1) is 0 Å². The summed E-state index contributed by atoms with van der Waals surface area (Å²) in [6.07, 6.45) is 4.29. The third-order valence-corrected chi connectivity index (χ3v) is 3.86. The molecule has 0 aliphatic carbocycles. The molecule has 2 rings (SSSR count). The highest BCUT2D eigenvalue weighted by Gasteiger charge is 2.24. The molecule has 2 aromatic heterocycles. The van der Waals surface area contributed by atoms with Gasteiger partial charge in [-0.25, -0.2) is 0 Å². The molecule has 0 aromatic carbocycles. The van der Waals surface area contributed by atoms with Crippen LogP contribution in [0.5, 0.6) is 0 Å². The molecule has 2 aromatic rings. The summed E-state index contributed by atoms with van der Waals surface area (Å²) < 4.78 is 7.52. The minimum atomic E-state index is -0.0177. The van der Waals surface area contributed by atoms with Gasteiger partial charge in [0.1, 0.15) is 5.76 Å². The van der Waals surface area contributed by atoms with Crippen molar-refractivity contribution >= 4 is 11.6 Å². The first-order valence-corrected chi connectivity index (χ1v) is 7.55. The lowest BCUT2D eigenvalue weighted by Gasteiger charge is -2.20. The van der Waals surface area contributed by atoms with E-state index in [1.807, 2.05) is 31.9 Å². The molecular weight excluding hydrogens is 288 g/mol. The van der Waals surface area contributed by atoms with Gasteiger partial charge in [-0.2, -0.15) is 5.10 Å². The number of aryl methyl sites for hydroxylation is 1. The largest absolute Gasteiger partial charge is 0.469 e. The topological polar surface area (TPSA) is 46.2 Å². The molecule has 0 saturated carbocycles. The van der Waals surface area contributed by atoms with Crippen molar-refractivity contribution in [1.29, 1.82) is 0 Å². The number of rotatable bonds is 7. The van der Waals surface area contributed by atoms with Crippen LogP contribution in [0, 0.1) is 0 Å². The first-order chi connectivity index (χ1) is 10.1. The highest BCUT2D eigenvalue weighted by molar-refractivity contribution is 6.31. The lowest BCUT2D eigenvalue weighted by molar-refractivity contribution is 0.366. The number of nitrogens with zero attached hydrogens (tertiary/aromatic N) is 3. The molecule has 116 valence electrons. The summed E-state index contributed by atoms with van der Waals surface area (Å²) in [6, 6.07) is 1.98. The van der Waals surface area contributed by atoms with Crippen LogP contribution in [0.25, 0.3) is 0 Å². The fourth-order valence-electron chi connectivity index (χ4n) is 2.47. The van der Waals surface area contributed by atoms with Gasteiger partial charge in [-0.3, -0.25) is 4.68 Å². The summed E-state index contributed by atoms with van der Waals surface area (Å²) in [5, 5.41) is 8.42. The summed E-state index contributed by atoms with van der Waals surface area (Å²) in [7, 11) is 6.02. The maximum Gasteiger partial charge on any atom is 0.108 e. The molecule has 6 heteroatoms. The average Bonchev–Trinajstić information content (AvgIpc) is 3.06. The quantitative estimate of drug-likeness (QED) is 0.854. The predicted octanol–water partition coefficient (Wildman–Crippen LogP) is 2.56. The van der Waals surface area contributed by atoms with Crippen molar-refractivity contribution in [2.24, 2.45) is 0 Å². The van der Waals surface area contributed by atoms with Gasteiger partial charge < -0.3 is 14.6 Å². The van der Waals surface area contributed by atoms with E-state index in [1.165, 1.54) is 0 Å². The SMILES string of the molecule is CCc1occc1C(NC)c1c(Cl)cnn1CCN(C)C. The van der Waals surface area contributed by atoms with Crippen molar-refractivity contribution < 1.29 is 4.42 Å². The van der Waals surface area contributed by atoms with Crippen LogP contribution in [0.1, 0.15) is 30.0 Å². The molecular formula is C15H23ClN4O. The maximum absolute atomic E-state index is 6.38. The van der Waals surface area contributed by atoms with Crippen molar-refractivity contribution in [1.82, 2.24) is 20.0 Å². The Kier molecular flexibility index (Phi) is 5.45. The Bertz CT molecular complexity index is 576. The molecule has 0 saturated heterocycles. The van der Waals surface area contributed by atoms with E-state index in [4.69, 9.17) is 16.0 Å². The fraction of sp³-hybridized carbons (Fsp3) is 0.533. The summed E-state index contributed by atoms with van der Waals surface area (Å²) in [6.45, 7) is 3.79. The number of nitrogens with one attached hydrogen (secondary N) is 1. The van der Waals surface area contributed by atoms with Gasteiger partial charge in [0.15, 0.2) is 0 Å². The monoisotopic (exact) mass is 310 g/mol. The number of hydrogen-bond donors (Lipinski definition) is 1. The van der Waals surface area contributed by atoms with E-state index in [1.54, 1.807) is 12.5 Å². The van der Waals surface area contributed by atoms with E-state index in [0.717, 1.165) is 36.5 Å². The van der Waals surface area contributed by atoms with Crippen molar-refractivity contribution in [3.05, 3.63) is 40.6 Å². The first-order valence-electron chi connectivity index (χ1n) is 7.17. The Hall–Kier alpha value is -1.30. The Morgan fingerprint density at radius 3 is 2.86 bits per heavy atom. The van der Waals surface area contributed by atoms with Crippen molar-refractivity contribution in [2.45, 2.75) is 25.9 Å². The van der Waals surface area contributed by atoms with Gasteiger partial charge in [0.25, 0.3) is 0 Å². The average molecular weight is 311 g/mol. The molecule has 0 aliphatic heterocycles. The van der Waals surface area contributed by atoms with E-state index < -0.39 is 0 Å². The Morgan fingerprint density at radius 1 is 1.48 bits per heavy atom. The second-order valence-electron chi connectivity index (χ2n) is 5.28. The normalized spacial score (nSPS) is 13.0. The van der Waals surface area contributed by atoms with Crippen molar-refractivity contribution in [2.75, 3.05) is 27.7 Å². The lowest BCUT2D eigenvalue weighted by atomic mass is 10.0. The van der Waals surface area contributed by atoms with Crippen LogP contribution < -0.4 is 5.32 Å². The Balaban J connectivity index is 2.36. The van der Waals surface area contributed by atoms with Crippen LogP contribution in [-0.2, 0) is 13.0 Å². The zero-order valence-electron chi connectivity index (χ0n) is 13.1. The molecule has 21 heavy (non-hydrogen) atoms. The van der Waals surface area contributed by atoms with Crippen molar-refractivity contribution in [3.8, 4) is 0 Å². The van der Waals surface area contributed by atoms with Gasteiger partial charge in [0, 0.05) is 18.5 Å². The third-order valence-electron chi connectivity index (χ3n) is 3.57. The highest BCUT2D eigenvalue weighted by atomic mass is 35.5. The zero-order chi connectivity index (χ0) is 15.4. The van der Waals surface area contributed by atoms with E-state index in [0.29, 0.717) is 5.02 Å². The summed E-state index contributed by atoms with van der Waals surface area (Å²) in [4.78, 5) is 2.13. The van der Waals surface area contributed by atoms with E-state index in [-0.39, 0.29) is 6.04 Å². The van der Waals surface area contributed by atoms with Gasteiger partial charge in [-0.1, -0.05) is 18.5 Å². The van der Waals surface area contributed by atoms with Crippen LogP contribution in [0.2, 0.25) is 5.02 Å². The molecule has 0 bridgehead atoms. The Morgan fingerprint density at radius 2 is 2.24 bits per heavy atom. The third kappa shape index (κ3) is 3.48. The molecule has 0 amide bonds. The van der Waals surface area contributed by atoms with E-state index in [9.17, 15) is 0 Å². The standard InChI is InChI=1S/C15H23ClN4O/c1-5-13-11(6-9-21-13)14(17-2)15-12(16)10-18-20(15)8-7-19(3)4/h6,9-10,14,17H,5,7-8H2,1-4H3. The minimum Gasteiger partial charge on any atom is -0.469 e. The lowest BCUT2D eigenvalue weighted by Crippen LogP contribution is -2.25. The first kappa shape index (κ1) is 16.1. The van der Waals surface area contributed by atoms with Crippen LogP contribution >= 0.6 is 11.6 Å². The molecule has 0 radical (unpaired) electrons. The van der Waals surface area contributed by atoms with Gasteiger partial charge in [-0.05, 0) is 27.2 Å². The smallest absolute Gasteiger partial charge is 0.108 e. The number of hydrogen-bond acceptors (Lipinski definition) is 4. The second-order valence-corrected chi connectivity index (χ2v) is 5.69. The van der Waals surface area contributed by atoms with Crippen LogP contribution in [0.15, 0.2) is 22.9 Å². The second kappa shape index (κ2) is 7.11. The minimum absolute atomic E-state index is 0.0177. The maximum atomic E-state index is 6.38. The highest BCUT2D eigenvalue weighted by Crippen LogP contribution is 2.30. The molecule has 1 N–H and O–H groups in total. The summed E-state index contributed by atoms with van der Waals surface area (Å²) in [5.41, 5.74) is 2.10. The fourth-order valence-corrected chi connectivity index (χ4v) is 2.72. The molecule has 1 atom stereocenters. The molecule has 2 heterocycles. The van der Waals surface area contributed by atoms with Gasteiger partial charge >= 0.3 is 0 Å². The van der Waals surface area contributed by atoms with Crippen LogP contribution in [0.4, 0.5) is 0 Å². The Labute approximate surface area is 130 Å². The summed E-state index contributed by atoms with van der Waals surface area (Å²) >= 11 is 6.38. The van der Waals surface area contributed by atoms with Gasteiger partial charge in [0.2, 0.25) is 0 Å². The molecule has 0 spiro atoms. The van der Waals surface area contributed by atoms with Crippen LogP contribution in [0.3, 0.4) is 0 Å². The summed E-state index contributed by atoms with van der Waals surface area (Å²) in [5.74, 6) is 0.978. The van der Waals surface area contributed by atoms with E-state index in [2.05, 4.69) is 22.2 Å². The number of halogens is 1. The van der Waals surface area contributed by atoms with Crippen LogP contribution in [-0.4, -0.2) is 42.4 Å². The van der Waals surface area contributed by atoms with Crippen molar-refractivity contribution in [3.63, 3.8) is 0 Å². The number of aromatic nitrogens is 2. The number of likely N-dealkylation sites (N-methyl/N-ethyl adjacent to an activating group) is 1. The zero-order valence-corrected chi connectivity index (χ0v) is 13.8. The van der Waals surface area contributed by atoms with Gasteiger partial charge in [0.05, 0.1) is 35.8 Å². The molecule has 0 fully saturated rings.